The standard InChI is InChI=1S/C8H9NO6S2.CH5N3/c9-17(14,15)7-3-1-2-6(4-7)16(12,13)5-8(10)11;2-1(3)4/h1-4H,5H2,(H,10,11)(H2,9,14,15);(H5,2,3,4). The minimum atomic E-state index is -4.06. The van der Waals surface area contributed by atoms with Gasteiger partial charge in [-0.1, -0.05) is 6.07 Å². The topological polar surface area (TPSA) is 207 Å². The number of carbonyl (C=O) groups is 1. The molecule has 0 aliphatic rings. The normalized spacial score (nSPS) is 11.1. The molecule has 0 aliphatic carbocycles. The molecule has 0 aliphatic heterocycles. The van der Waals surface area contributed by atoms with Crippen LogP contribution in [-0.4, -0.2) is 39.6 Å². The average molecular weight is 338 g/mol. The van der Waals surface area contributed by atoms with Crippen molar-refractivity contribution in [1.82, 2.24) is 0 Å². The number of hydrogen-bond acceptors (Lipinski definition) is 6. The molecule has 10 nitrogen and oxygen atoms in total. The zero-order valence-electron chi connectivity index (χ0n) is 10.6. The van der Waals surface area contributed by atoms with E-state index in [9.17, 15) is 21.6 Å². The van der Waals surface area contributed by atoms with Crippen molar-refractivity contribution >= 4 is 31.8 Å². The number of sulfone groups is 1. The zero-order chi connectivity index (χ0) is 16.8. The van der Waals surface area contributed by atoms with E-state index in [2.05, 4.69) is 11.5 Å². The van der Waals surface area contributed by atoms with Crippen molar-refractivity contribution in [2.75, 3.05) is 5.75 Å². The van der Waals surface area contributed by atoms with Gasteiger partial charge in [-0.15, -0.1) is 0 Å². The SMILES string of the molecule is N=C(N)N.NS(=O)(=O)c1cccc(S(=O)(=O)CC(=O)O)c1. The van der Waals surface area contributed by atoms with Crippen molar-refractivity contribution in [3.05, 3.63) is 24.3 Å². The molecule has 0 unspecified atom stereocenters. The number of guanidine groups is 1. The Kier molecular flexibility index (Phi) is 6.28. The lowest BCUT2D eigenvalue weighted by molar-refractivity contribution is -0.134. The van der Waals surface area contributed by atoms with Crippen molar-refractivity contribution < 1.29 is 26.7 Å². The minimum Gasteiger partial charge on any atom is -0.480 e. The highest BCUT2D eigenvalue weighted by Gasteiger charge is 2.20. The summed E-state index contributed by atoms with van der Waals surface area (Å²) in [6.07, 6.45) is 0. The Bertz CT molecular complexity index is 737. The van der Waals surface area contributed by atoms with Gasteiger partial charge in [-0.3, -0.25) is 10.2 Å². The molecular formula is C9H14N4O6S2. The molecule has 0 radical (unpaired) electrons. The average Bonchev–Trinajstić information content (AvgIpc) is 2.25. The predicted octanol–water partition coefficient (Wildman–Crippen LogP) is -1.97. The summed E-state index contributed by atoms with van der Waals surface area (Å²) in [5.74, 6) is -2.97. The zero-order valence-corrected chi connectivity index (χ0v) is 12.2. The molecule has 0 saturated carbocycles. The van der Waals surface area contributed by atoms with Crippen molar-refractivity contribution in [3.63, 3.8) is 0 Å². The van der Waals surface area contributed by atoms with E-state index in [1.807, 2.05) is 0 Å². The van der Waals surface area contributed by atoms with Gasteiger partial charge in [0.25, 0.3) is 0 Å². The van der Waals surface area contributed by atoms with Crippen molar-refractivity contribution in [3.8, 4) is 0 Å². The van der Waals surface area contributed by atoms with Crippen molar-refractivity contribution in [2.45, 2.75) is 9.79 Å². The molecule has 1 aromatic rings. The lowest BCUT2D eigenvalue weighted by Gasteiger charge is -2.03. The molecule has 1 aromatic carbocycles. The van der Waals surface area contributed by atoms with Crippen molar-refractivity contribution in [2.24, 2.45) is 16.6 Å². The third-order valence-electron chi connectivity index (χ3n) is 1.81. The molecule has 0 saturated heterocycles. The van der Waals surface area contributed by atoms with Gasteiger partial charge in [0.05, 0.1) is 9.79 Å². The number of rotatable bonds is 4. The number of aliphatic carboxylic acids is 1. The number of nitrogens with two attached hydrogens (primary N) is 3. The molecule has 0 atom stereocenters. The van der Waals surface area contributed by atoms with Crippen LogP contribution in [-0.2, 0) is 24.7 Å². The smallest absolute Gasteiger partial charge is 0.319 e. The van der Waals surface area contributed by atoms with Gasteiger partial charge in [-0.25, -0.2) is 22.0 Å². The fourth-order valence-electron chi connectivity index (χ4n) is 1.09. The molecule has 0 fully saturated rings. The molecule has 1 rings (SSSR count). The van der Waals surface area contributed by atoms with Crippen LogP contribution >= 0.6 is 0 Å². The lowest BCUT2D eigenvalue weighted by atomic mass is 10.4. The van der Waals surface area contributed by atoms with Gasteiger partial charge in [0.15, 0.2) is 21.5 Å². The number of carboxylic acids is 1. The third kappa shape index (κ3) is 7.24. The maximum absolute atomic E-state index is 11.5. The summed E-state index contributed by atoms with van der Waals surface area (Å²) in [7, 11) is -8.09. The van der Waals surface area contributed by atoms with Gasteiger partial charge in [-0.2, -0.15) is 0 Å². The molecule has 0 spiro atoms. The number of benzene rings is 1. The molecule has 21 heavy (non-hydrogen) atoms. The maximum Gasteiger partial charge on any atom is 0.319 e. The minimum absolute atomic E-state index is 0.333. The molecule has 0 amide bonds. The second-order valence-corrected chi connectivity index (χ2v) is 7.18. The van der Waals surface area contributed by atoms with E-state index >= 15 is 0 Å². The Labute approximate surface area is 121 Å². The molecular weight excluding hydrogens is 324 g/mol. The van der Waals surface area contributed by atoms with E-state index in [4.69, 9.17) is 15.7 Å². The number of hydrogen-bond donors (Lipinski definition) is 5. The predicted molar refractivity (Wildman–Crippen MR) is 73.6 cm³/mol. The summed E-state index contributed by atoms with van der Waals surface area (Å²) in [5.41, 5.74) is 8.94. The number of primary sulfonamides is 1. The highest BCUT2D eigenvalue weighted by atomic mass is 32.2. The first-order valence-electron chi connectivity index (χ1n) is 5.03. The van der Waals surface area contributed by atoms with Crippen molar-refractivity contribution in [1.29, 1.82) is 5.41 Å². The highest BCUT2D eigenvalue weighted by Crippen LogP contribution is 2.15. The Morgan fingerprint density at radius 2 is 1.57 bits per heavy atom. The Balaban J connectivity index is 0.000000885. The summed E-state index contributed by atoms with van der Waals surface area (Å²) >= 11 is 0. The van der Waals surface area contributed by atoms with E-state index in [-0.39, 0.29) is 10.9 Å². The first-order chi connectivity index (χ1) is 9.36. The second-order valence-electron chi connectivity index (χ2n) is 3.63. The number of sulfonamides is 1. The van der Waals surface area contributed by atoms with Gasteiger partial charge in [0, 0.05) is 0 Å². The Morgan fingerprint density at radius 1 is 1.14 bits per heavy atom. The largest absolute Gasteiger partial charge is 0.480 e. The molecule has 12 heteroatoms. The highest BCUT2D eigenvalue weighted by molar-refractivity contribution is 7.92. The van der Waals surface area contributed by atoms with Crippen LogP contribution in [0.1, 0.15) is 0 Å². The van der Waals surface area contributed by atoms with Crippen LogP contribution < -0.4 is 16.6 Å². The molecule has 8 N–H and O–H groups in total. The Morgan fingerprint density at radius 3 is 1.95 bits per heavy atom. The second kappa shape index (κ2) is 7.01. The summed E-state index contributed by atoms with van der Waals surface area (Å²) in [4.78, 5) is 9.57. The van der Waals surface area contributed by atoms with Crippen LogP contribution in [0.25, 0.3) is 0 Å². The quantitative estimate of drug-likeness (QED) is 0.306. The monoisotopic (exact) mass is 338 g/mol. The van der Waals surface area contributed by atoms with Crippen LogP contribution in [0.3, 0.4) is 0 Å². The summed E-state index contributed by atoms with van der Waals surface area (Å²) < 4.78 is 45.0. The van der Waals surface area contributed by atoms with Crippen LogP contribution in [0.5, 0.6) is 0 Å². The van der Waals surface area contributed by atoms with E-state index in [0.29, 0.717) is 0 Å². The van der Waals surface area contributed by atoms with Gasteiger partial charge < -0.3 is 16.6 Å². The van der Waals surface area contributed by atoms with E-state index in [1.165, 1.54) is 6.07 Å². The molecule has 0 heterocycles. The van der Waals surface area contributed by atoms with E-state index < -0.39 is 36.5 Å². The fourth-order valence-corrected chi connectivity index (χ4v) is 2.81. The van der Waals surface area contributed by atoms with Crippen LogP contribution in [0.15, 0.2) is 34.1 Å². The van der Waals surface area contributed by atoms with Gasteiger partial charge >= 0.3 is 5.97 Å². The fraction of sp³-hybridized carbons (Fsp3) is 0.111. The van der Waals surface area contributed by atoms with Crippen LogP contribution in [0.2, 0.25) is 0 Å². The first-order valence-corrected chi connectivity index (χ1v) is 8.23. The summed E-state index contributed by atoms with van der Waals surface area (Å²) in [6, 6.07) is 4.23. The molecule has 0 bridgehead atoms. The van der Waals surface area contributed by atoms with E-state index in [1.54, 1.807) is 0 Å². The third-order valence-corrected chi connectivity index (χ3v) is 4.32. The van der Waals surface area contributed by atoms with Gasteiger partial charge in [0.2, 0.25) is 10.0 Å². The summed E-state index contributed by atoms with van der Waals surface area (Å²) in [6.45, 7) is 0. The van der Waals surface area contributed by atoms with E-state index in [0.717, 1.165) is 18.2 Å². The lowest BCUT2D eigenvalue weighted by Crippen LogP contribution is -2.20. The Hall–Kier alpha value is -2.18. The maximum atomic E-state index is 11.5. The number of carboxylic acid groups (broad SMARTS) is 1. The molecule has 118 valence electrons. The molecule has 0 aromatic heterocycles. The van der Waals surface area contributed by atoms with Gasteiger partial charge in [0.1, 0.15) is 0 Å². The van der Waals surface area contributed by atoms with Crippen LogP contribution in [0.4, 0.5) is 0 Å². The number of nitrogens with one attached hydrogen (secondary N) is 1. The van der Waals surface area contributed by atoms with Gasteiger partial charge in [-0.05, 0) is 18.2 Å². The first kappa shape index (κ1) is 18.8. The summed E-state index contributed by atoms with van der Waals surface area (Å²) in [5, 5.41) is 19.3. The van der Waals surface area contributed by atoms with Crippen LogP contribution in [0, 0.1) is 5.41 Å².